The van der Waals surface area contributed by atoms with E-state index in [1.54, 1.807) is 0 Å². The maximum atomic E-state index is 9.83. The lowest BCUT2D eigenvalue weighted by molar-refractivity contribution is 0.417. The molecule has 3 nitrogen and oxygen atoms in total. The summed E-state index contributed by atoms with van der Waals surface area (Å²) in [5.41, 5.74) is 0.869. The number of nitrogens with zero attached hydrogens (tertiary/aromatic N) is 2. The van der Waals surface area contributed by atoms with E-state index in [2.05, 4.69) is 33.4 Å². The number of nitriles is 2. The van der Waals surface area contributed by atoms with Gasteiger partial charge in [0.05, 0.1) is 18.2 Å². The van der Waals surface area contributed by atoms with Crippen molar-refractivity contribution in [3.63, 3.8) is 0 Å². The van der Waals surface area contributed by atoms with Gasteiger partial charge in [-0.3, -0.25) is 0 Å². The zero-order valence-corrected chi connectivity index (χ0v) is 13.4. The molecule has 108 valence electrons. The van der Waals surface area contributed by atoms with Crippen molar-refractivity contribution in [3.8, 4) is 12.1 Å². The molecule has 2 atom stereocenters. The van der Waals surface area contributed by atoms with Gasteiger partial charge in [0.15, 0.2) is 5.41 Å². The fourth-order valence-corrected chi connectivity index (χ4v) is 3.62. The average molecular weight is 352 g/mol. The lowest BCUT2D eigenvalue weighted by atomic mass is 9.71. The van der Waals surface area contributed by atoms with Gasteiger partial charge in [-0.1, -0.05) is 58.4 Å². The van der Waals surface area contributed by atoms with Crippen LogP contribution in [0.1, 0.15) is 23.1 Å². The first-order valence-electron chi connectivity index (χ1n) is 7.07. The quantitative estimate of drug-likeness (QED) is 0.892. The van der Waals surface area contributed by atoms with E-state index in [9.17, 15) is 10.5 Å². The van der Waals surface area contributed by atoms with E-state index in [-0.39, 0.29) is 12.0 Å². The lowest BCUT2D eigenvalue weighted by Crippen LogP contribution is -2.29. The van der Waals surface area contributed by atoms with Crippen LogP contribution < -0.4 is 5.32 Å². The van der Waals surface area contributed by atoms with Crippen molar-refractivity contribution in [2.24, 2.45) is 5.41 Å². The fraction of sp³-hybridized carbons (Fsp3) is 0.222. The number of hydrogen-bond donors (Lipinski definition) is 1. The molecule has 0 radical (unpaired) electrons. The van der Waals surface area contributed by atoms with E-state index in [0.717, 1.165) is 15.6 Å². The van der Waals surface area contributed by atoms with Crippen LogP contribution in [0.15, 0.2) is 59.1 Å². The molecule has 0 aromatic heterocycles. The monoisotopic (exact) mass is 351 g/mol. The Morgan fingerprint density at radius 3 is 2.32 bits per heavy atom. The lowest BCUT2D eigenvalue weighted by Gasteiger charge is -2.26. The number of nitrogens with one attached hydrogen (secondary N) is 1. The van der Waals surface area contributed by atoms with Gasteiger partial charge in [-0.15, -0.1) is 0 Å². The zero-order chi connectivity index (χ0) is 15.6. The second-order valence-corrected chi connectivity index (χ2v) is 6.37. The minimum absolute atomic E-state index is 0.146. The molecule has 4 heteroatoms. The normalized spacial score (nSPS) is 22.7. The second-order valence-electron chi connectivity index (χ2n) is 5.45. The van der Waals surface area contributed by atoms with Crippen molar-refractivity contribution in [3.05, 3.63) is 70.2 Å². The molecule has 3 rings (SSSR count). The van der Waals surface area contributed by atoms with Crippen LogP contribution in [0.4, 0.5) is 0 Å². The average Bonchev–Trinajstić information content (AvgIpc) is 2.95. The molecule has 1 heterocycles. The third-order valence-corrected chi connectivity index (χ3v) is 4.78. The summed E-state index contributed by atoms with van der Waals surface area (Å²) in [4.78, 5) is 0. The van der Waals surface area contributed by atoms with Gasteiger partial charge in [0.2, 0.25) is 0 Å². The molecule has 0 saturated carbocycles. The van der Waals surface area contributed by atoms with Gasteiger partial charge in [0, 0.05) is 16.9 Å². The molecule has 0 aliphatic carbocycles. The summed E-state index contributed by atoms with van der Waals surface area (Å²) in [6, 6.07) is 21.9. The summed E-state index contributed by atoms with van der Waals surface area (Å²) in [6.07, 6.45) is 0. The zero-order valence-electron chi connectivity index (χ0n) is 11.8. The summed E-state index contributed by atoms with van der Waals surface area (Å²) < 4.78 is 0.944. The van der Waals surface area contributed by atoms with Crippen molar-refractivity contribution < 1.29 is 0 Å². The highest BCUT2D eigenvalue weighted by Crippen LogP contribution is 2.49. The molecule has 22 heavy (non-hydrogen) atoms. The van der Waals surface area contributed by atoms with Crippen LogP contribution in [0, 0.1) is 28.1 Å². The topological polar surface area (TPSA) is 59.6 Å². The molecular weight excluding hydrogens is 338 g/mol. The van der Waals surface area contributed by atoms with Crippen molar-refractivity contribution >= 4 is 15.9 Å². The minimum atomic E-state index is -1.11. The molecule has 1 saturated heterocycles. The first-order valence-corrected chi connectivity index (χ1v) is 7.87. The molecular formula is C18H14BrN3. The van der Waals surface area contributed by atoms with Crippen molar-refractivity contribution in [1.82, 2.24) is 5.32 Å². The molecule has 1 aliphatic heterocycles. The Morgan fingerprint density at radius 1 is 1.00 bits per heavy atom. The predicted octanol–water partition coefficient (Wildman–Crippen LogP) is 3.91. The fourth-order valence-electron chi connectivity index (χ4n) is 3.20. The number of hydrogen-bond acceptors (Lipinski definition) is 3. The Labute approximate surface area is 138 Å². The third-order valence-electron chi connectivity index (χ3n) is 4.29. The Bertz CT molecular complexity index is 744. The van der Waals surface area contributed by atoms with Crippen LogP contribution in [0.2, 0.25) is 0 Å². The molecule has 1 N–H and O–H groups in total. The van der Waals surface area contributed by atoms with E-state index in [1.807, 2.05) is 54.6 Å². The molecule has 1 aliphatic rings. The number of halogens is 1. The highest BCUT2D eigenvalue weighted by atomic mass is 79.9. The van der Waals surface area contributed by atoms with Crippen molar-refractivity contribution in [1.29, 1.82) is 10.5 Å². The Hall–Kier alpha value is -2.14. The summed E-state index contributed by atoms with van der Waals surface area (Å²) in [7, 11) is 0. The van der Waals surface area contributed by atoms with E-state index < -0.39 is 5.41 Å². The third kappa shape index (κ3) is 2.31. The summed E-state index contributed by atoms with van der Waals surface area (Å²) >= 11 is 3.46. The maximum Gasteiger partial charge on any atom is 0.171 e. The Kier molecular flexibility index (Phi) is 3.98. The van der Waals surface area contributed by atoms with Gasteiger partial charge >= 0.3 is 0 Å². The molecule has 0 amide bonds. The van der Waals surface area contributed by atoms with E-state index in [0.29, 0.717) is 6.54 Å². The highest BCUT2D eigenvalue weighted by molar-refractivity contribution is 9.10. The van der Waals surface area contributed by atoms with Crippen LogP contribution >= 0.6 is 15.9 Å². The van der Waals surface area contributed by atoms with E-state index in [1.165, 1.54) is 0 Å². The van der Waals surface area contributed by atoms with Crippen LogP contribution in [-0.2, 0) is 0 Å². The van der Waals surface area contributed by atoms with Crippen molar-refractivity contribution in [2.75, 3.05) is 6.54 Å². The van der Waals surface area contributed by atoms with Crippen LogP contribution in [0.3, 0.4) is 0 Å². The number of rotatable bonds is 2. The molecule has 2 unspecified atom stereocenters. The summed E-state index contributed by atoms with van der Waals surface area (Å²) in [5, 5.41) is 23.0. The standard InChI is InChI=1S/C18H14BrN3/c19-15-8-4-7-14(9-15)17-18(11-20,12-21)16(10-22-17)13-5-2-1-3-6-13/h1-9,16-17,22H,10H2. The van der Waals surface area contributed by atoms with Gasteiger partial charge in [-0.2, -0.15) is 10.5 Å². The van der Waals surface area contributed by atoms with E-state index >= 15 is 0 Å². The molecule has 2 aromatic carbocycles. The first-order chi connectivity index (χ1) is 10.7. The summed E-state index contributed by atoms with van der Waals surface area (Å²) in [6.45, 7) is 0.613. The van der Waals surface area contributed by atoms with Gasteiger partial charge < -0.3 is 5.32 Å². The molecule has 1 fully saturated rings. The molecule has 0 bridgehead atoms. The minimum Gasteiger partial charge on any atom is -0.307 e. The smallest absolute Gasteiger partial charge is 0.171 e. The molecule has 2 aromatic rings. The van der Waals surface area contributed by atoms with Crippen LogP contribution in [0.25, 0.3) is 0 Å². The van der Waals surface area contributed by atoms with Gasteiger partial charge in [-0.05, 0) is 23.3 Å². The van der Waals surface area contributed by atoms with Gasteiger partial charge in [0.1, 0.15) is 0 Å². The second kappa shape index (κ2) is 5.93. The maximum absolute atomic E-state index is 9.83. The largest absolute Gasteiger partial charge is 0.307 e. The summed E-state index contributed by atoms with van der Waals surface area (Å²) in [5.74, 6) is -0.146. The first kappa shape index (κ1) is 14.8. The van der Waals surface area contributed by atoms with Gasteiger partial charge in [0.25, 0.3) is 0 Å². The SMILES string of the molecule is N#CC1(C#N)C(c2ccccc2)CNC1c1cccc(Br)c1. The highest BCUT2D eigenvalue weighted by Gasteiger charge is 2.52. The Morgan fingerprint density at radius 2 is 1.68 bits per heavy atom. The predicted molar refractivity (Wildman–Crippen MR) is 87.7 cm³/mol. The number of benzene rings is 2. The molecule has 0 spiro atoms. The van der Waals surface area contributed by atoms with Crippen LogP contribution in [0.5, 0.6) is 0 Å². The van der Waals surface area contributed by atoms with Gasteiger partial charge in [-0.25, -0.2) is 0 Å². The van der Waals surface area contributed by atoms with E-state index in [4.69, 9.17) is 0 Å². The van der Waals surface area contributed by atoms with Crippen LogP contribution in [-0.4, -0.2) is 6.54 Å². The van der Waals surface area contributed by atoms with Crippen molar-refractivity contribution in [2.45, 2.75) is 12.0 Å². The Balaban J connectivity index is 2.08.